The van der Waals surface area contributed by atoms with Crippen molar-refractivity contribution in [2.45, 2.75) is 6.92 Å². The minimum atomic E-state index is -1.62. The lowest BCUT2D eigenvalue weighted by Crippen LogP contribution is -2.09. The van der Waals surface area contributed by atoms with E-state index in [-0.39, 0.29) is 5.56 Å². The summed E-state index contributed by atoms with van der Waals surface area (Å²) in [6, 6.07) is 6.51. The number of ether oxygens (including phenoxy) is 1. The van der Waals surface area contributed by atoms with Gasteiger partial charge in [0.25, 0.3) is 5.78 Å². The SMILES string of the molecule is CCOc1ccccc1/C(O)=C/C(=O)C(=O)O. The quantitative estimate of drug-likeness (QED) is 0.461. The molecule has 0 saturated carbocycles. The summed E-state index contributed by atoms with van der Waals surface area (Å²) in [5.41, 5.74) is 0.281. The monoisotopic (exact) mass is 236 g/mol. The summed E-state index contributed by atoms with van der Waals surface area (Å²) in [6.45, 7) is 2.18. The maximum atomic E-state index is 10.9. The molecule has 0 aliphatic rings. The highest BCUT2D eigenvalue weighted by molar-refractivity contribution is 6.38. The topological polar surface area (TPSA) is 83.8 Å². The first-order valence-corrected chi connectivity index (χ1v) is 4.96. The Labute approximate surface area is 98.0 Å². The van der Waals surface area contributed by atoms with Gasteiger partial charge in [-0.15, -0.1) is 0 Å². The first kappa shape index (κ1) is 12.8. The summed E-state index contributed by atoms with van der Waals surface area (Å²) < 4.78 is 5.24. The van der Waals surface area contributed by atoms with E-state index in [1.807, 2.05) is 0 Å². The molecule has 0 saturated heterocycles. The number of carbonyl (C=O) groups is 2. The van der Waals surface area contributed by atoms with Gasteiger partial charge in [0.2, 0.25) is 0 Å². The first-order valence-electron chi connectivity index (χ1n) is 4.96. The molecule has 90 valence electrons. The van der Waals surface area contributed by atoms with E-state index in [9.17, 15) is 14.7 Å². The van der Waals surface area contributed by atoms with Crippen molar-refractivity contribution in [3.8, 4) is 5.75 Å². The van der Waals surface area contributed by atoms with Crippen LogP contribution in [0.2, 0.25) is 0 Å². The second-order valence-electron chi connectivity index (χ2n) is 3.13. The predicted octanol–water partition coefficient (Wildman–Crippen LogP) is 1.64. The second kappa shape index (κ2) is 5.69. The Morgan fingerprint density at radius 2 is 1.94 bits per heavy atom. The number of para-hydroxylation sites is 1. The van der Waals surface area contributed by atoms with Crippen LogP contribution in [0.15, 0.2) is 30.3 Å². The van der Waals surface area contributed by atoms with Crippen molar-refractivity contribution in [3.63, 3.8) is 0 Å². The Kier molecular flexibility index (Phi) is 4.28. The lowest BCUT2D eigenvalue weighted by atomic mass is 10.1. The molecule has 0 heterocycles. The molecule has 1 aromatic carbocycles. The molecule has 0 fully saturated rings. The minimum Gasteiger partial charge on any atom is -0.507 e. The van der Waals surface area contributed by atoms with Crippen LogP contribution in [0.3, 0.4) is 0 Å². The molecule has 5 heteroatoms. The number of aliphatic hydroxyl groups is 1. The lowest BCUT2D eigenvalue weighted by molar-refractivity contribution is -0.146. The number of aliphatic carboxylic acids is 1. The average Bonchev–Trinajstić information content (AvgIpc) is 2.29. The fourth-order valence-electron chi connectivity index (χ4n) is 1.22. The molecule has 2 N–H and O–H groups in total. The van der Waals surface area contributed by atoms with Crippen molar-refractivity contribution in [2.75, 3.05) is 6.61 Å². The molecule has 0 bridgehead atoms. The number of carbonyl (C=O) groups excluding carboxylic acids is 1. The smallest absolute Gasteiger partial charge is 0.376 e. The van der Waals surface area contributed by atoms with Crippen molar-refractivity contribution in [3.05, 3.63) is 35.9 Å². The molecule has 0 spiro atoms. The third-order valence-corrected chi connectivity index (χ3v) is 1.94. The maximum absolute atomic E-state index is 10.9. The first-order chi connectivity index (χ1) is 8.06. The van der Waals surface area contributed by atoms with Crippen LogP contribution >= 0.6 is 0 Å². The molecule has 17 heavy (non-hydrogen) atoms. The van der Waals surface area contributed by atoms with E-state index in [1.54, 1.807) is 25.1 Å². The van der Waals surface area contributed by atoms with Gasteiger partial charge in [-0.3, -0.25) is 4.79 Å². The third kappa shape index (κ3) is 3.34. The zero-order valence-electron chi connectivity index (χ0n) is 9.21. The number of hydrogen-bond donors (Lipinski definition) is 2. The van der Waals surface area contributed by atoms with Crippen molar-refractivity contribution in [2.24, 2.45) is 0 Å². The summed E-state index contributed by atoms with van der Waals surface area (Å²) in [7, 11) is 0. The van der Waals surface area contributed by atoms with Gasteiger partial charge in [0, 0.05) is 6.08 Å². The van der Waals surface area contributed by atoms with Crippen LogP contribution in [0.4, 0.5) is 0 Å². The van der Waals surface area contributed by atoms with Gasteiger partial charge in [-0.1, -0.05) is 12.1 Å². The number of aliphatic hydroxyl groups excluding tert-OH is 1. The zero-order chi connectivity index (χ0) is 12.8. The Hall–Kier alpha value is -2.30. The maximum Gasteiger partial charge on any atom is 0.376 e. The number of ketones is 1. The standard InChI is InChI=1S/C12H12O5/c1-2-17-11-6-4-3-5-8(11)9(13)7-10(14)12(15)16/h3-7,13H,2H2,1H3,(H,15,16)/b9-7-. The van der Waals surface area contributed by atoms with E-state index in [1.165, 1.54) is 6.07 Å². The van der Waals surface area contributed by atoms with E-state index < -0.39 is 17.5 Å². The van der Waals surface area contributed by atoms with Crippen LogP contribution in [-0.2, 0) is 9.59 Å². The number of hydrogen-bond acceptors (Lipinski definition) is 4. The number of benzene rings is 1. The van der Waals surface area contributed by atoms with Gasteiger partial charge in [-0.2, -0.15) is 0 Å². The molecule has 0 aliphatic heterocycles. The van der Waals surface area contributed by atoms with Gasteiger partial charge in [0.05, 0.1) is 12.2 Å². The fourth-order valence-corrected chi connectivity index (χ4v) is 1.22. The molecular formula is C12H12O5. The molecule has 0 atom stereocenters. The van der Waals surface area contributed by atoms with Gasteiger partial charge < -0.3 is 14.9 Å². The van der Waals surface area contributed by atoms with Crippen LogP contribution in [0, 0.1) is 0 Å². The molecule has 1 aromatic rings. The predicted molar refractivity (Wildman–Crippen MR) is 60.9 cm³/mol. The van der Waals surface area contributed by atoms with Crippen LogP contribution < -0.4 is 4.74 Å². The van der Waals surface area contributed by atoms with Crippen LogP contribution in [0.25, 0.3) is 5.76 Å². The molecule has 0 aromatic heterocycles. The van der Waals surface area contributed by atoms with Crippen LogP contribution in [0.1, 0.15) is 12.5 Å². The van der Waals surface area contributed by atoms with Gasteiger partial charge in [-0.25, -0.2) is 4.79 Å². The van der Waals surface area contributed by atoms with Crippen molar-refractivity contribution in [1.29, 1.82) is 0 Å². The number of carboxylic acids is 1. The third-order valence-electron chi connectivity index (χ3n) is 1.94. The summed E-state index contributed by atoms with van der Waals surface area (Å²) in [6.07, 6.45) is 0.653. The normalized spacial score (nSPS) is 11.0. The highest BCUT2D eigenvalue weighted by Gasteiger charge is 2.13. The second-order valence-corrected chi connectivity index (χ2v) is 3.13. The van der Waals surface area contributed by atoms with E-state index >= 15 is 0 Å². The highest BCUT2D eigenvalue weighted by Crippen LogP contribution is 2.24. The van der Waals surface area contributed by atoms with Gasteiger partial charge in [0.15, 0.2) is 0 Å². The molecular weight excluding hydrogens is 224 g/mol. The van der Waals surface area contributed by atoms with Crippen LogP contribution in [-0.4, -0.2) is 28.6 Å². The van der Waals surface area contributed by atoms with E-state index in [2.05, 4.69) is 0 Å². The number of rotatable bonds is 5. The number of carboxylic acid groups (broad SMARTS) is 1. The van der Waals surface area contributed by atoms with Gasteiger partial charge in [0.1, 0.15) is 11.5 Å². The molecule has 0 radical (unpaired) electrons. The zero-order valence-corrected chi connectivity index (χ0v) is 9.21. The van der Waals surface area contributed by atoms with E-state index in [0.717, 1.165) is 0 Å². The minimum absolute atomic E-state index is 0.281. The van der Waals surface area contributed by atoms with Crippen molar-refractivity contribution in [1.82, 2.24) is 0 Å². The lowest BCUT2D eigenvalue weighted by Gasteiger charge is -2.08. The highest BCUT2D eigenvalue weighted by atomic mass is 16.5. The summed E-state index contributed by atoms with van der Waals surface area (Å²) in [5, 5.41) is 18.1. The Morgan fingerprint density at radius 3 is 2.53 bits per heavy atom. The Morgan fingerprint density at radius 1 is 1.29 bits per heavy atom. The summed E-state index contributed by atoms with van der Waals surface area (Å²) >= 11 is 0. The van der Waals surface area contributed by atoms with Crippen molar-refractivity contribution >= 4 is 17.5 Å². The summed E-state index contributed by atoms with van der Waals surface area (Å²) in [5.74, 6) is -2.84. The largest absolute Gasteiger partial charge is 0.507 e. The summed E-state index contributed by atoms with van der Waals surface area (Å²) in [4.78, 5) is 21.3. The van der Waals surface area contributed by atoms with Crippen LogP contribution in [0.5, 0.6) is 5.75 Å². The van der Waals surface area contributed by atoms with Crippen molar-refractivity contribution < 1.29 is 24.5 Å². The molecule has 0 amide bonds. The Balaban J connectivity index is 3.07. The average molecular weight is 236 g/mol. The van der Waals surface area contributed by atoms with Gasteiger partial charge in [-0.05, 0) is 19.1 Å². The molecule has 5 nitrogen and oxygen atoms in total. The molecule has 0 unspecified atom stereocenters. The fraction of sp³-hybridized carbons (Fsp3) is 0.167. The molecule has 0 aliphatic carbocycles. The van der Waals surface area contributed by atoms with E-state index in [4.69, 9.17) is 9.84 Å². The van der Waals surface area contributed by atoms with E-state index in [0.29, 0.717) is 18.4 Å². The van der Waals surface area contributed by atoms with Gasteiger partial charge >= 0.3 is 5.97 Å². The Bertz CT molecular complexity index is 462. The molecule has 1 rings (SSSR count).